The van der Waals surface area contributed by atoms with E-state index in [1.165, 1.54) is 0 Å². The molecule has 20 heavy (non-hydrogen) atoms. The summed E-state index contributed by atoms with van der Waals surface area (Å²) in [5, 5.41) is 2.69. The summed E-state index contributed by atoms with van der Waals surface area (Å²) >= 11 is 0. The maximum atomic E-state index is 12.2. The summed E-state index contributed by atoms with van der Waals surface area (Å²) < 4.78 is 5.20. The third-order valence-electron chi connectivity index (χ3n) is 3.19. The number of nitrogens with two attached hydrogens (primary N) is 1. The number of morpholine rings is 1. The third kappa shape index (κ3) is 3.48. The molecule has 0 radical (unpaired) electrons. The van der Waals surface area contributed by atoms with Gasteiger partial charge in [-0.25, -0.2) is 0 Å². The Bertz CT molecular complexity index is 498. The molecular weight excluding hydrogens is 258 g/mol. The van der Waals surface area contributed by atoms with Crippen molar-refractivity contribution in [2.45, 2.75) is 13.0 Å². The van der Waals surface area contributed by atoms with E-state index in [2.05, 4.69) is 5.32 Å². The lowest BCUT2D eigenvalue weighted by molar-refractivity contribution is -0.136. The normalized spacial score (nSPS) is 16.6. The van der Waals surface area contributed by atoms with Crippen molar-refractivity contribution in [1.82, 2.24) is 10.2 Å². The highest BCUT2D eigenvalue weighted by atomic mass is 16.5. The van der Waals surface area contributed by atoms with E-state index in [9.17, 15) is 9.59 Å². The molecule has 6 heteroatoms. The third-order valence-corrected chi connectivity index (χ3v) is 3.19. The molecule has 0 bridgehead atoms. The van der Waals surface area contributed by atoms with Crippen LogP contribution in [0.3, 0.4) is 0 Å². The van der Waals surface area contributed by atoms with Gasteiger partial charge in [-0.15, -0.1) is 0 Å². The van der Waals surface area contributed by atoms with Crippen molar-refractivity contribution in [3.8, 4) is 0 Å². The van der Waals surface area contributed by atoms with Crippen molar-refractivity contribution in [2.75, 3.05) is 32.0 Å². The Balaban J connectivity index is 1.94. The molecule has 1 heterocycles. The van der Waals surface area contributed by atoms with Crippen LogP contribution in [0.25, 0.3) is 0 Å². The largest absolute Gasteiger partial charge is 0.399 e. The van der Waals surface area contributed by atoms with Gasteiger partial charge < -0.3 is 20.7 Å². The summed E-state index contributed by atoms with van der Waals surface area (Å²) in [7, 11) is 0. The van der Waals surface area contributed by atoms with E-state index < -0.39 is 6.04 Å². The number of ether oxygens (including phenoxy) is 1. The first kappa shape index (κ1) is 14.3. The minimum Gasteiger partial charge on any atom is -0.399 e. The van der Waals surface area contributed by atoms with E-state index in [-0.39, 0.29) is 11.8 Å². The Labute approximate surface area is 117 Å². The van der Waals surface area contributed by atoms with Gasteiger partial charge in [0.25, 0.3) is 5.91 Å². The zero-order chi connectivity index (χ0) is 14.5. The molecule has 1 saturated heterocycles. The van der Waals surface area contributed by atoms with Crippen molar-refractivity contribution in [3.05, 3.63) is 29.8 Å². The van der Waals surface area contributed by atoms with E-state index in [0.29, 0.717) is 37.6 Å². The van der Waals surface area contributed by atoms with Crippen molar-refractivity contribution >= 4 is 17.5 Å². The number of hydrogen-bond donors (Lipinski definition) is 2. The molecule has 6 nitrogen and oxygen atoms in total. The summed E-state index contributed by atoms with van der Waals surface area (Å²) in [5.41, 5.74) is 6.60. The zero-order valence-electron chi connectivity index (χ0n) is 11.5. The number of amides is 2. The first-order chi connectivity index (χ1) is 9.58. The second kappa shape index (κ2) is 6.38. The number of carbonyl (C=O) groups excluding carboxylic acids is 2. The molecule has 108 valence electrons. The van der Waals surface area contributed by atoms with Crippen molar-refractivity contribution in [3.63, 3.8) is 0 Å². The average molecular weight is 277 g/mol. The van der Waals surface area contributed by atoms with Crippen LogP contribution < -0.4 is 11.1 Å². The molecule has 1 atom stereocenters. The lowest BCUT2D eigenvalue weighted by atomic mass is 10.1. The van der Waals surface area contributed by atoms with Gasteiger partial charge in [-0.1, -0.05) is 6.07 Å². The van der Waals surface area contributed by atoms with E-state index in [0.717, 1.165) is 0 Å². The van der Waals surface area contributed by atoms with Crippen molar-refractivity contribution in [1.29, 1.82) is 0 Å². The fourth-order valence-corrected chi connectivity index (χ4v) is 2.08. The molecule has 0 saturated carbocycles. The second-order valence-corrected chi connectivity index (χ2v) is 4.76. The number of nitrogen functional groups attached to an aromatic ring is 1. The van der Waals surface area contributed by atoms with Crippen LogP contribution in [0, 0.1) is 0 Å². The SMILES string of the molecule is CC(NC(=O)c1cccc(N)c1)C(=O)N1CCOCC1. The van der Waals surface area contributed by atoms with Gasteiger partial charge in [0.05, 0.1) is 13.2 Å². The Hall–Kier alpha value is -2.08. The lowest BCUT2D eigenvalue weighted by Crippen LogP contribution is -2.50. The quantitative estimate of drug-likeness (QED) is 0.775. The highest BCUT2D eigenvalue weighted by Gasteiger charge is 2.23. The summed E-state index contributed by atoms with van der Waals surface area (Å²) in [6.07, 6.45) is 0. The van der Waals surface area contributed by atoms with Gasteiger partial charge in [0.15, 0.2) is 0 Å². The first-order valence-corrected chi connectivity index (χ1v) is 6.61. The molecule has 3 N–H and O–H groups in total. The Morgan fingerprint density at radius 2 is 2.05 bits per heavy atom. The van der Waals surface area contributed by atoms with Gasteiger partial charge >= 0.3 is 0 Å². The van der Waals surface area contributed by atoms with Crippen LogP contribution in [0.2, 0.25) is 0 Å². The van der Waals surface area contributed by atoms with Crippen LogP contribution in [0.1, 0.15) is 17.3 Å². The molecule has 2 rings (SSSR count). The number of hydrogen-bond acceptors (Lipinski definition) is 4. The average Bonchev–Trinajstić information content (AvgIpc) is 2.47. The number of carbonyl (C=O) groups is 2. The Kier molecular flexibility index (Phi) is 4.57. The highest BCUT2D eigenvalue weighted by molar-refractivity contribution is 5.98. The number of nitrogens with one attached hydrogen (secondary N) is 1. The topological polar surface area (TPSA) is 84.7 Å². The number of rotatable bonds is 3. The molecule has 0 aromatic heterocycles. The van der Waals surface area contributed by atoms with Gasteiger partial charge in [-0.2, -0.15) is 0 Å². The molecule has 2 amide bonds. The zero-order valence-corrected chi connectivity index (χ0v) is 11.5. The van der Waals surface area contributed by atoms with Gasteiger partial charge in [-0.3, -0.25) is 9.59 Å². The van der Waals surface area contributed by atoms with E-state index in [4.69, 9.17) is 10.5 Å². The molecule has 1 aliphatic heterocycles. The van der Waals surface area contributed by atoms with E-state index in [1.807, 2.05) is 0 Å². The van der Waals surface area contributed by atoms with Crippen LogP contribution in [0.5, 0.6) is 0 Å². The van der Waals surface area contributed by atoms with Crippen molar-refractivity contribution in [2.24, 2.45) is 0 Å². The molecule has 1 aromatic rings. The van der Waals surface area contributed by atoms with E-state index >= 15 is 0 Å². The smallest absolute Gasteiger partial charge is 0.251 e. The molecule has 0 spiro atoms. The molecule has 1 unspecified atom stereocenters. The minimum atomic E-state index is -0.568. The predicted molar refractivity (Wildman–Crippen MR) is 75.2 cm³/mol. The van der Waals surface area contributed by atoms with Gasteiger partial charge in [0, 0.05) is 24.3 Å². The van der Waals surface area contributed by atoms with Gasteiger partial charge in [-0.05, 0) is 25.1 Å². The molecule has 1 aromatic carbocycles. The summed E-state index contributed by atoms with van der Waals surface area (Å²) in [6, 6.07) is 6.10. The molecule has 1 fully saturated rings. The fourth-order valence-electron chi connectivity index (χ4n) is 2.08. The van der Waals surface area contributed by atoms with Crippen LogP contribution >= 0.6 is 0 Å². The van der Waals surface area contributed by atoms with Gasteiger partial charge in [0.2, 0.25) is 5.91 Å². The summed E-state index contributed by atoms with van der Waals surface area (Å²) in [5.74, 6) is -0.392. The number of anilines is 1. The molecule has 1 aliphatic rings. The van der Waals surface area contributed by atoms with Crippen LogP contribution in [0.15, 0.2) is 24.3 Å². The maximum absolute atomic E-state index is 12.2. The fraction of sp³-hybridized carbons (Fsp3) is 0.429. The summed E-state index contributed by atoms with van der Waals surface area (Å²) in [6.45, 7) is 3.90. The number of benzene rings is 1. The van der Waals surface area contributed by atoms with Crippen LogP contribution in [-0.2, 0) is 9.53 Å². The minimum absolute atomic E-state index is 0.0921. The standard InChI is InChI=1S/C14H19N3O3/c1-10(14(19)17-5-7-20-8-6-17)16-13(18)11-3-2-4-12(15)9-11/h2-4,9-10H,5-8,15H2,1H3,(H,16,18). The second-order valence-electron chi connectivity index (χ2n) is 4.76. The maximum Gasteiger partial charge on any atom is 0.251 e. The Morgan fingerprint density at radius 1 is 1.35 bits per heavy atom. The Morgan fingerprint density at radius 3 is 2.70 bits per heavy atom. The first-order valence-electron chi connectivity index (χ1n) is 6.61. The molecule has 0 aliphatic carbocycles. The monoisotopic (exact) mass is 277 g/mol. The van der Waals surface area contributed by atoms with Gasteiger partial charge in [0.1, 0.15) is 6.04 Å². The van der Waals surface area contributed by atoms with Crippen molar-refractivity contribution < 1.29 is 14.3 Å². The lowest BCUT2D eigenvalue weighted by Gasteiger charge is -2.29. The van der Waals surface area contributed by atoms with Crippen LogP contribution in [0.4, 0.5) is 5.69 Å². The van der Waals surface area contributed by atoms with Crippen LogP contribution in [-0.4, -0.2) is 49.1 Å². The molecular formula is C14H19N3O3. The summed E-state index contributed by atoms with van der Waals surface area (Å²) in [4.78, 5) is 25.9. The van der Waals surface area contributed by atoms with E-state index in [1.54, 1.807) is 36.1 Å². The highest BCUT2D eigenvalue weighted by Crippen LogP contribution is 2.07. The predicted octanol–water partition coefficient (Wildman–Crippen LogP) is 0.246. The number of nitrogens with zero attached hydrogens (tertiary/aromatic N) is 1.